The van der Waals surface area contributed by atoms with E-state index in [2.05, 4.69) is 15.3 Å². The zero-order valence-electron chi connectivity index (χ0n) is 12.4. The lowest BCUT2D eigenvalue weighted by Crippen LogP contribution is -2.25. The highest BCUT2D eigenvalue weighted by Crippen LogP contribution is 2.24. The second-order valence-electron chi connectivity index (χ2n) is 5.31. The van der Waals surface area contributed by atoms with Crippen LogP contribution in [-0.4, -0.2) is 30.7 Å². The maximum atomic E-state index is 12.0. The number of nitrogens with zero attached hydrogens (tertiary/aromatic N) is 3. The van der Waals surface area contributed by atoms with E-state index in [4.69, 9.17) is 0 Å². The Labute approximate surface area is 130 Å². The summed E-state index contributed by atoms with van der Waals surface area (Å²) >= 11 is 0. The second kappa shape index (κ2) is 5.92. The Kier molecular flexibility index (Phi) is 3.98. The van der Waals surface area contributed by atoms with Crippen molar-refractivity contribution in [1.29, 1.82) is 0 Å². The van der Waals surface area contributed by atoms with Gasteiger partial charge < -0.3 is 5.32 Å². The van der Waals surface area contributed by atoms with Gasteiger partial charge in [0.1, 0.15) is 5.82 Å². The Hall–Kier alpha value is -2.15. The van der Waals surface area contributed by atoms with Crippen molar-refractivity contribution in [1.82, 2.24) is 9.97 Å². The van der Waals surface area contributed by atoms with Crippen LogP contribution in [0.25, 0.3) is 0 Å². The summed E-state index contributed by atoms with van der Waals surface area (Å²) < 4.78 is 25.5. The fourth-order valence-electron chi connectivity index (χ4n) is 2.49. The van der Waals surface area contributed by atoms with Gasteiger partial charge in [-0.2, -0.15) is 0 Å². The predicted octanol–water partition coefficient (Wildman–Crippen LogP) is 1.94. The second-order valence-corrected chi connectivity index (χ2v) is 7.32. The number of sulfonamides is 1. The standard InChI is InChI=1S/C15H18N4O2S/c1-12-9-16-11-15(18-12)17-10-13-4-2-5-14(8-13)19-6-3-7-22(19,20)21/h2,4-5,8-9,11H,3,6-7,10H2,1H3,(H,17,18). The van der Waals surface area contributed by atoms with E-state index < -0.39 is 10.0 Å². The van der Waals surface area contributed by atoms with Crippen molar-refractivity contribution in [2.75, 3.05) is 21.9 Å². The molecular formula is C15H18N4O2S. The maximum Gasteiger partial charge on any atom is 0.235 e. The molecule has 22 heavy (non-hydrogen) atoms. The number of nitrogens with one attached hydrogen (secondary N) is 1. The Balaban J connectivity index is 1.74. The highest BCUT2D eigenvalue weighted by molar-refractivity contribution is 7.93. The van der Waals surface area contributed by atoms with E-state index >= 15 is 0 Å². The molecule has 6 nitrogen and oxygen atoms in total. The van der Waals surface area contributed by atoms with Gasteiger partial charge in [-0.15, -0.1) is 0 Å². The van der Waals surface area contributed by atoms with Crippen molar-refractivity contribution < 1.29 is 8.42 Å². The van der Waals surface area contributed by atoms with E-state index in [0.717, 1.165) is 16.9 Å². The van der Waals surface area contributed by atoms with Crippen molar-refractivity contribution in [3.8, 4) is 0 Å². The van der Waals surface area contributed by atoms with Crippen LogP contribution < -0.4 is 9.62 Å². The zero-order valence-corrected chi connectivity index (χ0v) is 13.2. The van der Waals surface area contributed by atoms with Crippen LogP contribution >= 0.6 is 0 Å². The molecule has 7 heteroatoms. The first-order valence-electron chi connectivity index (χ1n) is 7.16. The molecule has 1 aromatic heterocycles. The molecule has 1 aliphatic rings. The lowest BCUT2D eigenvalue weighted by molar-refractivity contribution is 0.599. The third-order valence-electron chi connectivity index (χ3n) is 3.53. The highest BCUT2D eigenvalue weighted by atomic mass is 32.2. The molecule has 2 heterocycles. The van der Waals surface area contributed by atoms with E-state index in [0.29, 0.717) is 25.3 Å². The normalized spacial score (nSPS) is 16.7. The third-order valence-corrected chi connectivity index (χ3v) is 5.40. The fourth-order valence-corrected chi connectivity index (χ4v) is 4.05. The van der Waals surface area contributed by atoms with Gasteiger partial charge in [0.15, 0.2) is 0 Å². The molecule has 0 atom stereocenters. The summed E-state index contributed by atoms with van der Waals surface area (Å²) in [7, 11) is -3.14. The zero-order chi connectivity index (χ0) is 15.6. The highest BCUT2D eigenvalue weighted by Gasteiger charge is 2.28. The quantitative estimate of drug-likeness (QED) is 0.932. The van der Waals surface area contributed by atoms with Crippen molar-refractivity contribution in [3.63, 3.8) is 0 Å². The summed E-state index contributed by atoms with van der Waals surface area (Å²) in [6.07, 6.45) is 4.05. The Morgan fingerprint density at radius 2 is 2.18 bits per heavy atom. The van der Waals surface area contributed by atoms with Gasteiger partial charge in [-0.05, 0) is 31.0 Å². The van der Waals surface area contributed by atoms with E-state index in [1.165, 1.54) is 4.31 Å². The molecule has 1 aromatic carbocycles. The van der Waals surface area contributed by atoms with Gasteiger partial charge in [0.05, 0.1) is 23.3 Å². The predicted molar refractivity (Wildman–Crippen MR) is 86.3 cm³/mol. The lowest BCUT2D eigenvalue weighted by Gasteiger charge is -2.17. The summed E-state index contributed by atoms with van der Waals surface area (Å²) in [5.74, 6) is 0.938. The molecule has 0 saturated carbocycles. The lowest BCUT2D eigenvalue weighted by atomic mass is 10.2. The van der Waals surface area contributed by atoms with Gasteiger partial charge in [-0.3, -0.25) is 9.29 Å². The number of hydrogen-bond acceptors (Lipinski definition) is 5. The molecular weight excluding hydrogens is 300 g/mol. The van der Waals surface area contributed by atoms with Crippen molar-refractivity contribution >= 4 is 21.5 Å². The number of hydrogen-bond donors (Lipinski definition) is 1. The first kappa shape index (κ1) is 14.8. The first-order valence-corrected chi connectivity index (χ1v) is 8.77. The number of benzene rings is 1. The van der Waals surface area contributed by atoms with Crippen LogP contribution in [0.5, 0.6) is 0 Å². The van der Waals surface area contributed by atoms with Crippen LogP contribution in [0, 0.1) is 6.92 Å². The van der Waals surface area contributed by atoms with Crippen LogP contribution in [0.3, 0.4) is 0 Å². The largest absolute Gasteiger partial charge is 0.365 e. The summed E-state index contributed by atoms with van der Waals surface area (Å²) in [5, 5.41) is 3.20. The number of anilines is 2. The van der Waals surface area contributed by atoms with Gasteiger partial charge >= 0.3 is 0 Å². The molecule has 1 fully saturated rings. The third kappa shape index (κ3) is 3.19. The minimum atomic E-state index is -3.14. The molecule has 1 aliphatic heterocycles. The van der Waals surface area contributed by atoms with E-state index in [1.54, 1.807) is 12.4 Å². The minimum absolute atomic E-state index is 0.231. The van der Waals surface area contributed by atoms with Crippen LogP contribution in [0.4, 0.5) is 11.5 Å². The summed E-state index contributed by atoms with van der Waals surface area (Å²) in [5.41, 5.74) is 2.58. The van der Waals surface area contributed by atoms with E-state index in [-0.39, 0.29) is 5.75 Å². The molecule has 3 rings (SSSR count). The summed E-state index contributed by atoms with van der Waals surface area (Å²) in [6, 6.07) is 7.57. The molecule has 0 aliphatic carbocycles. The van der Waals surface area contributed by atoms with Crippen molar-refractivity contribution in [2.24, 2.45) is 0 Å². The molecule has 116 valence electrons. The average Bonchev–Trinajstić information content (AvgIpc) is 2.85. The van der Waals surface area contributed by atoms with Crippen molar-refractivity contribution in [3.05, 3.63) is 47.9 Å². The maximum absolute atomic E-state index is 12.0. The van der Waals surface area contributed by atoms with Crippen LogP contribution in [0.2, 0.25) is 0 Å². The molecule has 0 bridgehead atoms. The van der Waals surface area contributed by atoms with Gasteiger partial charge in [-0.1, -0.05) is 12.1 Å². The number of aryl methyl sites for hydroxylation is 1. The van der Waals surface area contributed by atoms with Crippen molar-refractivity contribution in [2.45, 2.75) is 19.9 Å². The molecule has 0 radical (unpaired) electrons. The topological polar surface area (TPSA) is 75.2 Å². The first-order chi connectivity index (χ1) is 10.5. The van der Waals surface area contributed by atoms with Gasteiger partial charge in [0.2, 0.25) is 10.0 Å². The van der Waals surface area contributed by atoms with Gasteiger partial charge in [0.25, 0.3) is 0 Å². The van der Waals surface area contributed by atoms with Gasteiger partial charge in [0, 0.05) is 19.3 Å². The monoisotopic (exact) mass is 318 g/mol. The minimum Gasteiger partial charge on any atom is -0.365 e. The Morgan fingerprint density at radius 3 is 2.91 bits per heavy atom. The molecule has 0 unspecified atom stereocenters. The SMILES string of the molecule is Cc1cncc(NCc2cccc(N3CCCS3(=O)=O)c2)n1. The molecule has 0 spiro atoms. The van der Waals surface area contributed by atoms with Crippen LogP contribution in [-0.2, 0) is 16.6 Å². The molecule has 1 saturated heterocycles. The smallest absolute Gasteiger partial charge is 0.235 e. The van der Waals surface area contributed by atoms with Crippen LogP contribution in [0.15, 0.2) is 36.7 Å². The Morgan fingerprint density at radius 1 is 1.32 bits per heavy atom. The molecule has 2 aromatic rings. The summed E-state index contributed by atoms with van der Waals surface area (Å²) in [4.78, 5) is 8.41. The average molecular weight is 318 g/mol. The Bertz CT molecular complexity index is 777. The van der Waals surface area contributed by atoms with E-state index in [1.807, 2.05) is 31.2 Å². The molecule has 0 amide bonds. The molecule has 1 N–H and O–H groups in total. The van der Waals surface area contributed by atoms with Crippen LogP contribution in [0.1, 0.15) is 17.7 Å². The summed E-state index contributed by atoms with van der Waals surface area (Å²) in [6.45, 7) is 3.01. The van der Waals surface area contributed by atoms with E-state index in [9.17, 15) is 8.42 Å². The number of aromatic nitrogens is 2. The van der Waals surface area contributed by atoms with Gasteiger partial charge in [-0.25, -0.2) is 13.4 Å². The fraction of sp³-hybridized carbons (Fsp3) is 0.333. The number of rotatable bonds is 4.